The van der Waals surface area contributed by atoms with Crippen molar-refractivity contribution in [1.82, 2.24) is 4.98 Å². The molecule has 3 aromatic heterocycles. The average molecular weight is 333 g/mol. The Morgan fingerprint density at radius 2 is 2.27 bits per heavy atom. The van der Waals surface area contributed by atoms with Crippen LogP contribution in [0.3, 0.4) is 0 Å². The Bertz CT molecular complexity index is 818. The molecule has 22 heavy (non-hydrogen) atoms. The van der Waals surface area contributed by atoms with Gasteiger partial charge in [-0.3, -0.25) is 4.79 Å². The third kappa shape index (κ3) is 2.95. The van der Waals surface area contributed by atoms with Crippen LogP contribution in [-0.2, 0) is 19.4 Å². The van der Waals surface area contributed by atoms with E-state index in [9.17, 15) is 4.79 Å². The quantitative estimate of drug-likeness (QED) is 0.648. The summed E-state index contributed by atoms with van der Waals surface area (Å²) in [7, 11) is 0. The van der Waals surface area contributed by atoms with Crippen molar-refractivity contribution in [2.75, 3.05) is 11.9 Å². The van der Waals surface area contributed by atoms with E-state index in [-0.39, 0.29) is 5.56 Å². The smallest absolute Gasteiger partial charge is 0.250 e. The highest BCUT2D eigenvalue weighted by atomic mass is 32.1. The molecule has 0 aromatic carbocycles. The van der Waals surface area contributed by atoms with Crippen LogP contribution in [0.25, 0.3) is 10.2 Å². The second-order valence-electron chi connectivity index (χ2n) is 5.08. The van der Waals surface area contributed by atoms with E-state index >= 15 is 0 Å². The molecule has 0 atom stereocenters. The van der Waals surface area contributed by atoms with E-state index < -0.39 is 0 Å². The number of aromatic amines is 1. The maximum absolute atomic E-state index is 12.0. The molecule has 0 aliphatic heterocycles. The normalized spacial score (nSPS) is 11.2. The summed E-state index contributed by atoms with van der Waals surface area (Å²) in [5.74, 6) is 0. The van der Waals surface area contributed by atoms with Crippen molar-refractivity contribution >= 4 is 38.6 Å². The Morgan fingerprint density at radius 3 is 2.95 bits per heavy atom. The summed E-state index contributed by atoms with van der Waals surface area (Å²) in [5.41, 5.74) is 8.76. The highest BCUT2D eigenvalue weighted by Crippen LogP contribution is 2.35. The Balaban J connectivity index is 2.03. The molecule has 3 rings (SSSR count). The molecule has 0 spiro atoms. The van der Waals surface area contributed by atoms with E-state index in [2.05, 4.69) is 28.7 Å². The molecule has 6 heteroatoms. The van der Waals surface area contributed by atoms with E-state index in [0.717, 1.165) is 35.3 Å². The number of aryl methyl sites for hydroxylation is 1. The lowest BCUT2D eigenvalue weighted by Crippen LogP contribution is -2.08. The van der Waals surface area contributed by atoms with Crippen LogP contribution in [0.4, 0.5) is 5.69 Å². The van der Waals surface area contributed by atoms with E-state index in [1.165, 1.54) is 15.3 Å². The monoisotopic (exact) mass is 333 g/mol. The van der Waals surface area contributed by atoms with Crippen LogP contribution in [0.5, 0.6) is 0 Å². The first kappa shape index (κ1) is 15.3. The number of nitrogens with one attached hydrogen (secondary N) is 2. The maximum atomic E-state index is 12.0. The maximum Gasteiger partial charge on any atom is 0.250 e. The lowest BCUT2D eigenvalue weighted by molar-refractivity contribution is 0.965. The van der Waals surface area contributed by atoms with E-state index in [4.69, 9.17) is 5.73 Å². The second-order valence-corrected chi connectivity index (χ2v) is 7.22. The molecule has 0 aliphatic rings. The van der Waals surface area contributed by atoms with Crippen molar-refractivity contribution < 1.29 is 0 Å². The fraction of sp³-hybridized carbons (Fsp3) is 0.312. The summed E-state index contributed by atoms with van der Waals surface area (Å²) >= 11 is 3.45. The van der Waals surface area contributed by atoms with Gasteiger partial charge in [-0.05, 0) is 36.4 Å². The van der Waals surface area contributed by atoms with Crippen molar-refractivity contribution in [1.29, 1.82) is 0 Å². The van der Waals surface area contributed by atoms with Gasteiger partial charge < -0.3 is 16.0 Å². The van der Waals surface area contributed by atoms with Gasteiger partial charge in [0.15, 0.2) is 0 Å². The Hall–Kier alpha value is -1.63. The summed E-state index contributed by atoms with van der Waals surface area (Å²) in [6.07, 6.45) is 1.76. The van der Waals surface area contributed by atoms with Gasteiger partial charge in [0.2, 0.25) is 0 Å². The lowest BCUT2D eigenvalue weighted by Gasteiger charge is -2.06. The SMILES string of the molecule is CCc1c(CCN)sc2c(NCc3cccs3)cc(=O)[nH]c12. The van der Waals surface area contributed by atoms with Gasteiger partial charge in [0.1, 0.15) is 0 Å². The molecule has 4 N–H and O–H groups in total. The molecule has 4 nitrogen and oxygen atoms in total. The van der Waals surface area contributed by atoms with Crippen molar-refractivity contribution in [3.63, 3.8) is 0 Å². The molecule has 0 fully saturated rings. The summed E-state index contributed by atoms with van der Waals surface area (Å²) < 4.78 is 1.12. The molecule has 0 amide bonds. The molecule has 0 saturated heterocycles. The number of nitrogens with two attached hydrogens (primary N) is 1. The highest BCUT2D eigenvalue weighted by molar-refractivity contribution is 7.19. The molecular weight excluding hydrogens is 314 g/mol. The van der Waals surface area contributed by atoms with E-state index in [0.29, 0.717) is 6.54 Å². The highest BCUT2D eigenvalue weighted by Gasteiger charge is 2.14. The molecule has 0 saturated carbocycles. The Kier molecular flexibility index (Phi) is 4.61. The summed E-state index contributed by atoms with van der Waals surface area (Å²) in [6, 6.07) is 5.78. The number of hydrogen-bond acceptors (Lipinski definition) is 5. The van der Waals surface area contributed by atoms with Crippen LogP contribution in [0, 0.1) is 0 Å². The number of rotatable bonds is 6. The minimum Gasteiger partial charge on any atom is -0.379 e. The van der Waals surface area contributed by atoms with Crippen LogP contribution in [0.2, 0.25) is 0 Å². The molecule has 0 unspecified atom stereocenters. The number of thiophene rings is 2. The molecule has 0 bridgehead atoms. The first-order valence-electron chi connectivity index (χ1n) is 7.36. The first-order chi connectivity index (χ1) is 10.7. The van der Waals surface area contributed by atoms with Gasteiger partial charge in [0, 0.05) is 22.4 Å². The molecule has 116 valence electrons. The van der Waals surface area contributed by atoms with Crippen molar-refractivity contribution in [2.24, 2.45) is 5.73 Å². The zero-order chi connectivity index (χ0) is 15.5. The zero-order valence-corrected chi connectivity index (χ0v) is 14.1. The van der Waals surface area contributed by atoms with Gasteiger partial charge in [-0.15, -0.1) is 22.7 Å². The number of pyridine rings is 1. The molecule has 3 heterocycles. The van der Waals surface area contributed by atoms with Gasteiger partial charge >= 0.3 is 0 Å². The van der Waals surface area contributed by atoms with Gasteiger partial charge in [-0.25, -0.2) is 0 Å². The topological polar surface area (TPSA) is 70.9 Å². The Labute approximate surface area is 137 Å². The number of hydrogen-bond donors (Lipinski definition) is 3. The van der Waals surface area contributed by atoms with Crippen LogP contribution in [0.1, 0.15) is 22.2 Å². The van der Waals surface area contributed by atoms with Gasteiger partial charge in [0.25, 0.3) is 5.56 Å². The largest absolute Gasteiger partial charge is 0.379 e. The predicted molar refractivity (Wildman–Crippen MR) is 96.2 cm³/mol. The molecule has 0 aliphatic carbocycles. The fourth-order valence-electron chi connectivity index (χ4n) is 2.62. The third-order valence-electron chi connectivity index (χ3n) is 3.62. The summed E-state index contributed by atoms with van der Waals surface area (Å²) in [4.78, 5) is 17.5. The van der Waals surface area contributed by atoms with E-state index in [1.807, 2.05) is 6.07 Å². The van der Waals surface area contributed by atoms with Crippen molar-refractivity contribution in [3.8, 4) is 0 Å². The summed E-state index contributed by atoms with van der Waals surface area (Å²) in [5, 5.41) is 5.47. The van der Waals surface area contributed by atoms with Crippen LogP contribution in [-0.4, -0.2) is 11.5 Å². The van der Waals surface area contributed by atoms with Gasteiger partial charge in [-0.2, -0.15) is 0 Å². The van der Waals surface area contributed by atoms with Crippen molar-refractivity contribution in [3.05, 3.63) is 49.3 Å². The molecule has 3 aromatic rings. The minimum absolute atomic E-state index is 0.0621. The number of H-pyrrole nitrogens is 1. The van der Waals surface area contributed by atoms with Crippen LogP contribution >= 0.6 is 22.7 Å². The Morgan fingerprint density at radius 1 is 1.41 bits per heavy atom. The standard InChI is InChI=1S/C16H19N3OS2/c1-2-11-13(5-6-17)22-16-12(8-14(20)19-15(11)16)18-9-10-4-3-7-21-10/h3-4,7-8H,2,5-6,9,17H2,1H3,(H2,18,19,20). The lowest BCUT2D eigenvalue weighted by atomic mass is 10.1. The van der Waals surface area contributed by atoms with Gasteiger partial charge in [-0.1, -0.05) is 13.0 Å². The minimum atomic E-state index is -0.0621. The fourth-order valence-corrected chi connectivity index (χ4v) is 4.62. The number of fused-ring (bicyclic) bond motifs is 1. The number of anilines is 1. The molecular formula is C16H19N3OS2. The van der Waals surface area contributed by atoms with Gasteiger partial charge in [0.05, 0.1) is 15.9 Å². The number of aromatic nitrogens is 1. The van der Waals surface area contributed by atoms with E-state index in [1.54, 1.807) is 28.7 Å². The van der Waals surface area contributed by atoms with Crippen LogP contribution in [0.15, 0.2) is 28.4 Å². The van der Waals surface area contributed by atoms with Crippen molar-refractivity contribution in [2.45, 2.75) is 26.3 Å². The first-order valence-corrected chi connectivity index (χ1v) is 9.06. The zero-order valence-electron chi connectivity index (χ0n) is 12.4. The average Bonchev–Trinajstić information content (AvgIpc) is 3.12. The second kappa shape index (κ2) is 6.64. The molecule has 0 radical (unpaired) electrons. The predicted octanol–water partition coefficient (Wildman–Crippen LogP) is 3.33. The summed E-state index contributed by atoms with van der Waals surface area (Å²) in [6.45, 7) is 3.48. The van der Waals surface area contributed by atoms with Crippen LogP contribution < -0.4 is 16.6 Å². The third-order valence-corrected chi connectivity index (χ3v) is 5.82.